The number of unbranched alkanes of at least 4 members (excludes halogenated alkanes) is 1. The molecule has 42 heavy (non-hydrogen) atoms. The molecule has 0 aliphatic carbocycles. The highest BCUT2D eigenvalue weighted by molar-refractivity contribution is 7.87. The summed E-state index contributed by atoms with van der Waals surface area (Å²) in [6, 6.07) is 16.4. The van der Waals surface area contributed by atoms with Crippen molar-refractivity contribution in [2.45, 2.75) is 24.0 Å². The molecule has 0 unspecified atom stereocenters. The maximum atomic E-state index is 12.8. The zero-order valence-corrected chi connectivity index (χ0v) is 26.2. The summed E-state index contributed by atoms with van der Waals surface area (Å²) in [7, 11) is -1.08. The summed E-state index contributed by atoms with van der Waals surface area (Å²) < 4.78 is 13.5. The molecule has 0 spiro atoms. The molecule has 0 aliphatic rings. The lowest BCUT2D eigenvalue weighted by molar-refractivity contribution is 0.681. The standard InChI is InChI=1S/C21H20N2OS3.C7H4.C6H4.C2H4/c1-2-3-12-27(24)21-19(22)18-15(14-8-5-4-6-9-14)13-16(23-20(18)26-21)17-10-7-11-25-17;1-3-5-7-6-4-2;1-3-5-6-4-2;1-2/h4-11,13H,2-3,12,22H2,1H3;1-2H2;1-2H2;1-2H2/t27-;;;/m0.../s1. The fourth-order valence-corrected chi connectivity index (χ4v) is 6.72. The number of nitrogens with zero attached hydrogens (tertiary/aromatic N) is 1. The minimum Gasteiger partial charge on any atom is -0.396 e. The second-order valence-corrected chi connectivity index (χ2v) is 11.3. The summed E-state index contributed by atoms with van der Waals surface area (Å²) >= 11 is 3.14. The van der Waals surface area contributed by atoms with Crippen molar-refractivity contribution in [2.24, 2.45) is 0 Å². The molecule has 1 aromatic carbocycles. The van der Waals surface area contributed by atoms with Crippen molar-refractivity contribution in [2.75, 3.05) is 11.5 Å². The molecule has 0 amide bonds. The number of nitrogens with two attached hydrogens (primary N) is 1. The van der Waals surface area contributed by atoms with Crippen LogP contribution in [0.4, 0.5) is 5.69 Å². The van der Waals surface area contributed by atoms with E-state index >= 15 is 0 Å². The van der Waals surface area contributed by atoms with Gasteiger partial charge in [-0.1, -0.05) is 72.7 Å². The van der Waals surface area contributed by atoms with Crippen molar-refractivity contribution >= 4 is 49.4 Å². The van der Waals surface area contributed by atoms with E-state index in [-0.39, 0.29) is 0 Å². The van der Waals surface area contributed by atoms with Crippen molar-refractivity contribution in [3.8, 4) is 21.7 Å². The fourth-order valence-electron chi connectivity index (χ4n) is 3.24. The van der Waals surface area contributed by atoms with E-state index in [4.69, 9.17) is 10.7 Å². The second-order valence-electron chi connectivity index (χ2n) is 7.62. The third-order valence-electron chi connectivity index (χ3n) is 4.95. The minimum absolute atomic E-state index is 0.619. The number of rotatable bonds is 6. The van der Waals surface area contributed by atoms with E-state index in [1.165, 1.54) is 11.3 Å². The molecule has 0 radical (unpaired) electrons. The summed E-state index contributed by atoms with van der Waals surface area (Å²) in [5, 5.41) is 2.98. The summed E-state index contributed by atoms with van der Waals surface area (Å²) in [6.45, 7) is 21.1. The van der Waals surface area contributed by atoms with Crippen LogP contribution in [0.25, 0.3) is 31.9 Å². The van der Waals surface area contributed by atoms with Crippen LogP contribution in [0.2, 0.25) is 0 Å². The molecule has 0 bridgehead atoms. The van der Waals surface area contributed by atoms with Gasteiger partial charge in [-0.25, -0.2) is 4.98 Å². The van der Waals surface area contributed by atoms with Gasteiger partial charge in [0, 0.05) is 11.1 Å². The van der Waals surface area contributed by atoms with Crippen molar-refractivity contribution in [1.29, 1.82) is 0 Å². The van der Waals surface area contributed by atoms with Gasteiger partial charge in [-0.15, -0.1) is 35.8 Å². The van der Waals surface area contributed by atoms with Gasteiger partial charge in [0.2, 0.25) is 0 Å². The van der Waals surface area contributed by atoms with Gasteiger partial charge in [-0.3, -0.25) is 4.21 Å². The van der Waals surface area contributed by atoms with Crippen LogP contribution in [0.15, 0.2) is 149 Å². The molecule has 0 aliphatic heterocycles. The monoisotopic (exact) mass is 604 g/mol. The molecule has 4 rings (SSSR count). The summed E-state index contributed by atoms with van der Waals surface area (Å²) in [6.07, 6.45) is 1.95. The van der Waals surface area contributed by atoms with Gasteiger partial charge in [0.05, 0.1) is 27.1 Å². The molecule has 0 fully saturated rings. The number of fused-ring (bicyclic) bond motifs is 1. The number of hydrogen-bond acceptors (Lipinski definition) is 5. The Labute approximate surface area is 259 Å². The lowest BCUT2D eigenvalue weighted by atomic mass is 10.0. The molecule has 3 nitrogen and oxygen atoms in total. The number of benzene rings is 1. The Morgan fingerprint density at radius 1 is 0.881 bits per heavy atom. The maximum absolute atomic E-state index is 12.8. The Hall–Kier alpha value is -4.78. The lowest BCUT2D eigenvalue weighted by Gasteiger charge is -2.08. The smallest absolute Gasteiger partial charge is 0.127 e. The van der Waals surface area contributed by atoms with Gasteiger partial charge in [0.25, 0.3) is 0 Å². The highest BCUT2D eigenvalue weighted by Gasteiger charge is 2.20. The Kier molecular flexibility index (Phi) is 17.6. The highest BCUT2D eigenvalue weighted by atomic mass is 32.2. The molecule has 0 saturated heterocycles. The van der Waals surface area contributed by atoms with E-state index in [9.17, 15) is 4.21 Å². The first-order valence-corrected chi connectivity index (χ1v) is 15.6. The lowest BCUT2D eigenvalue weighted by Crippen LogP contribution is -1.99. The van der Waals surface area contributed by atoms with E-state index < -0.39 is 10.8 Å². The maximum Gasteiger partial charge on any atom is 0.127 e. The normalized spacial score (nSPS) is 9.17. The van der Waals surface area contributed by atoms with Crippen LogP contribution in [0.1, 0.15) is 19.8 Å². The molecule has 3 heterocycles. The van der Waals surface area contributed by atoms with Crippen molar-refractivity contribution in [1.82, 2.24) is 4.98 Å². The fraction of sp³-hybridized carbons (Fsp3) is 0.111. The highest BCUT2D eigenvalue weighted by Crippen LogP contribution is 2.43. The number of anilines is 1. The van der Waals surface area contributed by atoms with Crippen LogP contribution >= 0.6 is 22.7 Å². The van der Waals surface area contributed by atoms with Crippen molar-refractivity contribution in [3.63, 3.8) is 0 Å². The van der Waals surface area contributed by atoms with Crippen molar-refractivity contribution in [3.05, 3.63) is 145 Å². The van der Waals surface area contributed by atoms with Gasteiger partial charge < -0.3 is 5.73 Å². The van der Waals surface area contributed by atoms with E-state index in [1.807, 2.05) is 24.3 Å². The quantitative estimate of drug-likeness (QED) is 0.176. The molecule has 3 aromatic heterocycles. The molecule has 4 aromatic rings. The second kappa shape index (κ2) is 21.0. The predicted molar refractivity (Wildman–Crippen MR) is 184 cm³/mol. The molecule has 1 atom stereocenters. The van der Waals surface area contributed by atoms with Gasteiger partial charge in [-0.2, -0.15) is 0 Å². The summed E-state index contributed by atoms with van der Waals surface area (Å²) in [4.78, 5) is 6.84. The van der Waals surface area contributed by atoms with Crippen LogP contribution in [-0.4, -0.2) is 14.9 Å². The Bertz CT molecular complexity index is 1770. The molecule has 2 N–H and O–H groups in total. The van der Waals surface area contributed by atoms with Crippen molar-refractivity contribution < 1.29 is 4.21 Å². The average molecular weight is 605 g/mol. The number of aromatic nitrogens is 1. The van der Waals surface area contributed by atoms with Crippen LogP contribution in [0, 0.1) is 0 Å². The first-order valence-electron chi connectivity index (χ1n) is 12.6. The van der Waals surface area contributed by atoms with Crippen LogP contribution in [0.5, 0.6) is 0 Å². The van der Waals surface area contributed by atoms with Gasteiger partial charge in [-0.05, 0) is 90.0 Å². The van der Waals surface area contributed by atoms with Gasteiger partial charge in [0.1, 0.15) is 9.04 Å². The SMILES string of the molecule is C=C.C=C=C=C=C=C.C=C=C=C=C=C=C.CCCC[S@](=O)c1sc2nc(-c3cccs3)cc(-c3ccccc3)c2c1N. The predicted octanol–water partition coefficient (Wildman–Crippen LogP) is 9.98. The molecular formula is C36H32N2OS3. The number of nitrogen functional groups attached to an aromatic ring is 1. The largest absolute Gasteiger partial charge is 0.396 e. The third kappa shape index (κ3) is 11.0. The molecule has 0 saturated carbocycles. The molecule has 210 valence electrons. The van der Waals surface area contributed by atoms with E-state index in [2.05, 4.69) is 128 Å². The zero-order chi connectivity index (χ0) is 31.2. The molecular weight excluding hydrogens is 573 g/mol. The average Bonchev–Trinajstić information content (AvgIpc) is 3.69. The van der Waals surface area contributed by atoms with Gasteiger partial charge in [0.15, 0.2) is 0 Å². The topological polar surface area (TPSA) is 56.0 Å². The number of hydrogen-bond donors (Lipinski definition) is 1. The summed E-state index contributed by atoms with van der Waals surface area (Å²) in [5.41, 5.74) is 31.7. The van der Waals surface area contributed by atoms with Crippen LogP contribution in [-0.2, 0) is 10.8 Å². The Balaban J connectivity index is 0.000000490. The number of pyridine rings is 1. The number of thiophene rings is 2. The third-order valence-corrected chi connectivity index (χ3v) is 8.84. The first kappa shape index (κ1) is 35.2. The Morgan fingerprint density at radius 2 is 1.48 bits per heavy atom. The van der Waals surface area contributed by atoms with Gasteiger partial charge >= 0.3 is 0 Å². The van der Waals surface area contributed by atoms with E-state index in [0.717, 1.165) is 49.0 Å². The van der Waals surface area contributed by atoms with Crippen LogP contribution < -0.4 is 5.73 Å². The minimum atomic E-state index is -1.08. The molecule has 6 heteroatoms. The zero-order valence-electron chi connectivity index (χ0n) is 23.7. The summed E-state index contributed by atoms with van der Waals surface area (Å²) in [5.74, 6) is 0.645. The van der Waals surface area contributed by atoms with E-state index in [0.29, 0.717) is 11.4 Å². The Morgan fingerprint density at radius 3 is 2.00 bits per heavy atom. The van der Waals surface area contributed by atoms with E-state index in [1.54, 1.807) is 11.3 Å². The first-order chi connectivity index (χ1) is 20.5. The van der Waals surface area contributed by atoms with Crippen LogP contribution in [0.3, 0.4) is 0 Å².